The molecule has 5 nitrogen and oxygen atoms in total. The maximum atomic E-state index is 12.2. The van der Waals surface area contributed by atoms with Gasteiger partial charge in [-0.3, -0.25) is 9.59 Å². The molecule has 1 saturated heterocycles. The first-order valence-corrected chi connectivity index (χ1v) is 9.52. The zero-order chi connectivity index (χ0) is 14.8. The summed E-state index contributed by atoms with van der Waals surface area (Å²) in [6.45, 7) is 12.5. The van der Waals surface area contributed by atoms with Gasteiger partial charge < -0.3 is 14.1 Å². The lowest BCUT2D eigenvalue weighted by Gasteiger charge is -2.50. The highest BCUT2D eigenvalue weighted by atomic mass is 28.3. The predicted molar refractivity (Wildman–Crippen MR) is 75.0 cm³/mol. The standard InChI is InChI=1S/C13H25NO4Si/c1-9(15)18-12-10(13(2,3)4)11(16)14(12)7-8-17-19(5)6/h10,12,19H,7-8H2,1-6H3. The fraction of sp³-hybridized carbons (Fsp3) is 0.846. The van der Waals surface area contributed by atoms with Gasteiger partial charge in [0.05, 0.1) is 12.5 Å². The molecule has 0 aromatic carbocycles. The van der Waals surface area contributed by atoms with Crippen LogP contribution in [0.1, 0.15) is 27.7 Å². The lowest BCUT2D eigenvalue weighted by atomic mass is 9.73. The first kappa shape index (κ1) is 16.2. The third-order valence-corrected chi connectivity index (χ3v) is 4.05. The number of carbonyl (C=O) groups excluding carboxylic acids is 2. The van der Waals surface area contributed by atoms with Crippen molar-refractivity contribution in [2.75, 3.05) is 13.2 Å². The Morgan fingerprint density at radius 3 is 2.37 bits per heavy atom. The van der Waals surface area contributed by atoms with E-state index in [0.717, 1.165) is 0 Å². The number of nitrogens with zero attached hydrogens (tertiary/aromatic N) is 1. The average molecular weight is 287 g/mol. The molecule has 1 rings (SSSR count). The number of likely N-dealkylation sites (tertiary alicyclic amines) is 1. The Balaban J connectivity index is 2.65. The number of ether oxygens (including phenoxy) is 1. The number of carbonyl (C=O) groups is 2. The van der Waals surface area contributed by atoms with Crippen LogP contribution in [0, 0.1) is 11.3 Å². The zero-order valence-electron chi connectivity index (χ0n) is 12.7. The topological polar surface area (TPSA) is 55.8 Å². The van der Waals surface area contributed by atoms with Crippen LogP contribution in [-0.4, -0.2) is 45.2 Å². The van der Waals surface area contributed by atoms with Crippen LogP contribution in [0.5, 0.6) is 0 Å². The van der Waals surface area contributed by atoms with Gasteiger partial charge in [0.1, 0.15) is 0 Å². The fourth-order valence-electron chi connectivity index (χ4n) is 2.25. The smallest absolute Gasteiger partial charge is 0.304 e. The lowest BCUT2D eigenvalue weighted by molar-refractivity contribution is -0.209. The van der Waals surface area contributed by atoms with E-state index in [0.29, 0.717) is 13.2 Å². The highest BCUT2D eigenvalue weighted by molar-refractivity contribution is 6.48. The van der Waals surface area contributed by atoms with E-state index in [-0.39, 0.29) is 23.2 Å². The Bertz CT molecular complexity index is 351. The highest BCUT2D eigenvalue weighted by Crippen LogP contribution is 2.40. The van der Waals surface area contributed by atoms with Crippen LogP contribution in [-0.2, 0) is 18.8 Å². The van der Waals surface area contributed by atoms with E-state index in [1.54, 1.807) is 4.90 Å². The van der Waals surface area contributed by atoms with Crippen LogP contribution >= 0.6 is 0 Å². The number of β-lactam (4-membered cyclic amide) rings is 1. The van der Waals surface area contributed by atoms with Crippen molar-refractivity contribution in [3.05, 3.63) is 0 Å². The molecule has 0 radical (unpaired) electrons. The number of hydrogen-bond acceptors (Lipinski definition) is 4. The van der Waals surface area contributed by atoms with Crippen molar-refractivity contribution in [3.63, 3.8) is 0 Å². The van der Waals surface area contributed by atoms with E-state index < -0.39 is 15.3 Å². The zero-order valence-corrected chi connectivity index (χ0v) is 13.9. The second kappa shape index (κ2) is 6.05. The van der Waals surface area contributed by atoms with Gasteiger partial charge in [0.2, 0.25) is 5.91 Å². The molecule has 0 N–H and O–H groups in total. The van der Waals surface area contributed by atoms with Crippen LogP contribution in [0.25, 0.3) is 0 Å². The summed E-state index contributed by atoms with van der Waals surface area (Å²) < 4.78 is 10.9. The van der Waals surface area contributed by atoms with Crippen molar-refractivity contribution in [2.45, 2.75) is 47.0 Å². The Morgan fingerprint density at radius 1 is 1.37 bits per heavy atom. The number of esters is 1. The number of amides is 1. The van der Waals surface area contributed by atoms with Crippen molar-refractivity contribution in [2.24, 2.45) is 11.3 Å². The molecule has 2 unspecified atom stereocenters. The first-order valence-electron chi connectivity index (χ1n) is 6.74. The second-order valence-corrected chi connectivity index (χ2v) is 8.73. The summed E-state index contributed by atoms with van der Waals surface area (Å²) in [4.78, 5) is 24.9. The largest absolute Gasteiger partial charge is 0.441 e. The van der Waals surface area contributed by atoms with Crippen LogP contribution < -0.4 is 0 Å². The van der Waals surface area contributed by atoms with E-state index in [9.17, 15) is 9.59 Å². The maximum Gasteiger partial charge on any atom is 0.304 e. The van der Waals surface area contributed by atoms with E-state index >= 15 is 0 Å². The Hall–Kier alpha value is -0.883. The molecule has 0 aliphatic carbocycles. The van der Waals surface area contributed by atoms with Crippen LogP contribution in [0.3, 0.4) is 0 Å². The molecule has 0 bridgehead atoms. The molecule has 0 saturated carbocycles. The van der Waals surface area contributed by atoms with Crippen LogP contribution in [0.15, 0.2) is 0 Å². The minimum Gasteiger partial charge on any atom is -0.441 e. The summed E-state index contributed by atoms with van der Waals surface area (Å²) in [7, 11) is -1.08. The molecule has 0 spiro atoms. The summed E-state index contributed by atoms with van der Waals surface area (Å²) in [5.74, 6) is -0.559. The third-order valence-electron chi connectivity index (χ3n) is 3.14. The van der Waals surface area contributed by atoms with E-state index in [1.807, 2.05) is 20.8 Å². The fourth-order valence-corrected chi connectivity index (χ4v) is 2.82. The monoisotopic (exact) mass is 287 g/mol. The van der Waals surface area contributed by atoms with Gasteiger partial charge in [-0.25, -0.2) is 0 Å². The van der Waals surface area contributed by atoms with Crippen LogP contribution in [0.2, 0.25) is 13.1 Å². The van der Waals surface area contributed by atoms with Gasteiger partial charge in [-0.1, -0.05) is 20.8 Å². The van der Waals surface area contributed by atoms with E-state index in [2.05, 4.69) is 13.1 Å². The van der Waals surface area contributed by atoms with Gasteiger partial charge in [0, 0.05) is 13.5 Å². The molecule has 1 aliphatic heterocycles. The van der Waals surface area contributed by atoms with Crippen molar-refractivity contribution in [1.29, 1.82) is 0 Å². The number of rotatable bonds is 5. The quantitative estimate of drug-likeness (QED) is 0.435. The first-order chi connectivity index (χ1) is 8.64. The normalized spacial score (nSPS) is 23.5. The highest BCUT2D eigenvalue weighted by Gasteiger charge is 2.54. The average Bonchev–Trinajstić information content (AvgIpc) is 2.20. The van der Waals surface area contributed by atoms with Gasteiger partial charge in [-0.05, 0) is 18.5 Å². The molecule has 2 atom stereocenters. The van der Waals surface area contributed by atoms with Gasteiger partial charge in [0.25, 0.3) is 0 Å². The molecule has 1 fully saturated rings. The van der Waals surface area contributed by atoms with Gasteiger partial charge in [0.15, 0.2) is 15.3 Å². The van der Waals surface area contributed by atoms with Crippen molar-refractivity contribution < 1.29 is 18.8 Å². The summed E-state index contributed by atoms with van der Waals surface area (Å²) in [5.41, 5.74) is -0.207. The molecule has 6 heteroatoms. The summed E-state index contributed by atoms with van der Waals surface area (Å²) in [5, 5.41) is 0. The Morgan fingerprint density at radius 2 is 1.95 bits per heavy atom. The SMILES string of the molecule is CC(=O)OC1C(C(C)(C)C)C(=O)N1CCO[SiH](C)C. The molecular weight excluding hydrogens is 262 g/mol. The molecule has 0 aromatic heterocycles. The van der Waals surface area contributed by atoms with Crippen molar-refractivity contribution >= 4 is 20.9 Å². The molecular formula is C13H25NO4Si. The van der Waals surface area contributed by atoms with E-state index in [4.69, 9.17) is 9.16 Å². The molecule has 1 aliphatic rings. The number of hydrogen-bond donors (Lipinski definition) is 0. The molecule has 0 aromatic rings. The third kappa shape index (κ3) is 4.04. The molecule has 110 valence electrons. The van der Waals surface area contributed by atoms with Crippen molar-refractivity contribution in [3.8, 4) is 0 Å². The van der Waals surface area contributed by atoms with Gasteiger partial charge >= 0.3 is 5.97 Å². The molecule has 19 heavy (non-hydrogen) atoms. The van der Waals surface area contributed by atoms with Crippen molar-refractivity contribution in [1.82, 2.24) is 4.90 Å². The molecule has 1 heterocycles. The minimum absolute atomic E-state index is 0.0489. The Labute approximate surface area is 117 Å². The van der Waals surface area contributed by atoms with Crippen LogP contribution in [0.4, 0.5) is 0 Å². The minimum atomic E-state index is -1.08. The van der Waals surface area contributed by atoms with Gasteiger partial charge in [-0.2, -0.15) is 0 Å². The van der Waals surface area contributed by atoms with Gasteiger partial charge in [-0.15, -0.1) is 0 Å². The molecule has 1 amide bonds. The summed E-state index contributed by atoms with van der Waals surface area (Å²) >= 11 is 0. The maximum absolute atomic E-state index is 12.2. The summed E-state index contributed by atoms with van der Waals surface area (Å²) in [6, 6.07) is 0. The Kier molecular flexibility index (Phi) is 5.15. The second-order valence-electron chi connectivity index (χ2n) is 6.29. The summed E-state index contributed by atoms with van der Waals surface area (Å²) in [6.07, 6.45) is -0.442. The predicted octanol–water partition coefficient (Wildman–Crippen LogP) is 1.38. The van der Waals surface area contributed by atoms with E-state index in [1.165, 1.54) is 6.92 Å². The lowest BCUT2D eigenvalue weighted by Crippen LogP contribution is -2.66.